The number of nitrogens with zero attached hydrogens (tertiary/aromatic N) is 3. The van der Waals surface area contributed by atoms with Gasteiger partial charge in [-0.05, 0) is 30.2 Å². The third-order valence-electron chi connectivity index (χ3n) is 5.89. The van der Waals surface area contributed by atoms with Crippen molar-refractivity contribution in [3.05, 3.63) is 58.8 Å². The van der Waals surface area contributed by atoms with Crippen molar-refractivity contribution in [2.24, 2.45) is 5.92 Å². The van der Waals surface area contributed by atoms with Crippen molar-refractivity contribution in [3.63, 3.8) is 0 Å². The van der Waals surface area contributed by atoms with Crippen LogP contribution < -0.4 is 20.3 Å². The Balaban J connectivity index is 1.63. The summed E-state index contributed by atoms with van der Waals surface area (Å²) in [5, 5.41) is 8.13. The van der Waals surface area contributed by atoms with Crippen LogP contribution in [0.4, 0.5) is 0 Å². The lowest BCUT2D eigenvalue weighted by Crippen LogP contribution is -2.38. The molecule has 2 heterocycles. The van der Waals surface area contributed by atoms with E-state index >= 15 is 0 Å². The van der Waals surface area contributed by atoms with Gasteiger partial charge in [0.25, 0.3) is 5.56 Å². The minimum atomic E-state index is -0.428. The molecular formula is C24H27N5O4. The van der Waals surface area contributed by atoms with E-state index < -0.39 is 5.56 Å². The van der Waals surface area contributed by atoms with Crippen LogP contribution in [0.1, 0.15) is 32.1 Å². The quantitative estimate of drug-likeness (QED) is 0.427. The van der Waals surface area contributed by atoms with Gasteiger partial charge in [0, 0.05) is 5.39 Å². The van der Waals surface area contributed by atoms with Crippen LogP contribution in [0.15, 0.2) is 47.4 Å². The largest absolute Gasteiger partial charge is 0.493 e. The highest BCUT2D eigenvalue weighted by Gasteiger charge is 2.24. The summed E-state index contributed by atoms with van der Waals surface area (Å²) in [6.45, 7) is 3.87. The average molecular weight is 450 g/mol. The van der Waals surface area contributed by atoms with Crippen molar-refractivity contribution >= 4 is 27.7 Å². The van der Waals surface area contributed by atoms with Crippen LogP contribution in [0.5, 0.6) is 11.5 Å². The number of carbonyl (C=O) groups is 1. The molecule has 0 aliphatic rings. The monoisotopic (exact) mass is 449 g/mol. The topological polar surface area (TPSA) is 111 Å². The molecule has 172 valence electrons. The summed E-state index contributed by atoms with van der Waals surface area (Å²) in [5.41, 5.74) is 1.31. The average Bonchev–Trinajstić information content (AvgIpc) is 3.27. The van der Waals surface area contributed by atoms with Gasteiger partial charge in [-0.2, -0.15) is 5.10 Å². The first-order valence-electron chi connectivity index (χ1n) is 10.8. The number of fused-ring (bicyclic) bond motifs is 2. The second-order valence-electron chi connectivity index (χ2n) is 7.94. The van der Waals surface area contributed by atoms with Crippen LogP contribution in [0.3, 0.4) is 0 Å². The zero-order chi connectivity index (χ0) is 23.5. The first kappa shape index (κ1) is 22.3. The number of rotatable bonds is 8. The lowest BCUT2D eigenvalue weighted by molar-refractivity contribution is -0.123. The van der Waals surface area contributed by atoms with Gasteiger partial charge in [-0.1, -0.05) is 32.4 Å². The summed E-state index contributed by atoms with van der Waals surface area (Å²) >= 11 is 0. The SMILES string of the molecule is CC[C@H](C)[C@@H](NC(=O)Cn1ncc2ccc(OC)c(OC)c2c1=O)c1nc2ccccc2[nH]1. The van der Waals surface area contributed by atoms with Crippen molar-refractivity contribution < 1.29 is 14.3 Å². The van der Waals surface area contributed by atoms with Gasteiger partial charge in [0.1, 0.15) is 12.4 Å². The number of ether oxygens (including phenoxy) is 2. The number of hydrogen-bond acceptors (Lipinski definition) is 6. The normalized spacial score (nSPS) is 13.1. The van der Waals surface area contributed by atoms with Crippen LogP contribution in [0, 0.1) is 5.92 Å². The molecule has 4 aromatic rings. The third kappa shape index (κ3) is 4.26. The molecule has 0 saturated heterocycles. The molecule has 33 heavy (non-hydrogen) atoms. The molecule has 0 radical (unpaired) electrons. The number of aromatic amines is 1. The van der Waals surface area contributed by atoms with E-state index in [2.05, 4.69) is 34.2 Å². The molecule has 9 nitrogen and oxygen atoms in total. The number of imidazole rings is 1. The lowest BCUT2D eigenvalue weighted by Gasteiger charge is -2.22. The van der Waals surface area contributed by atoms with Crippen LogP contribution >= 0.6 is 0 Å². The molecule has 0 aliphatic heterocycles. The maximum absolute atomic E-state index is 13.1. The Morgan fingerprint density at radius 1 is 1.18 bits per heavy atom. The molecular weight excluding hydrogens is 422 g/mol. The molecule has 2 aromatic heterocycles. The highest BCUT2D eigenvalue weighted by molar-refractivity contribution is 5.89. The summed E-state index contributed by atoms with van der Waals surface area (Å²) < 4.78 is 11.8. The molecule has 2 N–H and O–H groups in total. The van der Waals surface area contributed by atoms with E-state index in [1.165, 1.54) is 20.4 Å². The van der Waals surface area contributed by atoms with Crippen molar-refractivity contribution in [1.82, 2.24) is 25.1 Å². The minimum absolute atomic E-state index is 0.125. The Kier molecular flexibility index (Phi) is 6.30. The molecule has 0 spiro atoms. The zero-order valence-electron chi connectivity index (χ0n) is 19.1. The molecule has 0 bridgehead atoms. The van der Waals surface area contributed by atoms with Crippen LogP contribution in [0.25, 0.3) is 21.8 Å². The van der Waals surface area contributed by atoms with E-state index in [-0.39, 0.29) is 24.4 Å². The van der Waals surface area contributed by atoms with E-state index in [9.17, 15) is 9.59 Å². The number of nitrogens with one attached hydrogen (secondary N) is 2. The summed E-state index contributed by atoms with van der Waals surface area (Å²) in [5.74, 6) is 1.23. The number of aromatic nitrogens is 4. The van der Waals surface area contributed by atoms with E-state index in [0.29, 0.717) is 28.1 Å². The van der Waals surface area contributed by atoms with Gasteiger partial charge in [0.05, 0.1) is 42.9 Å². The highest BCUT2D eigenvalue weighted by Crippen LogP contribution is 2.32. The third-order valence-corrected chi connectivity index (χ3v) is 5.89. The lowest BCUT2D eigenvalue weighted by atomic mass is 9.98. The zero-order valence-corrected chi connectivity index (χ0v) is 19.1. The number of para-hydroxylation sites is 2. The van der Waals surface area contributed by atoms with E-state index in [4.69, 9.17) is 9.47 Å². The Morgan fingerprint density at radius 3 is 2.67 bits per heavy atom. The van der Waals surface area contributed by atoms with Crippen LogP contribution in [0.2, 0.25) is 0 Å². The Bertz CT molecular complexity index is 1330. The number of carbonyl (C=O) groups excluding carboxylic acids is 1. The number of benzene rings is 2. The van der Waals surface area contributed by atoms with E-state index in [1.54, 1.807) is 12.1 Å². The molecule has 0 aliphatic carbocycles. The molecule has 2 atom stereocenters. The second-order valence-corrected chi connectivity index (χ2v) is 7.94. The van der Waals surface area contributed by atoms with E-state index in [0.717, 1.165) is 22.1 Å². The molecule has 9 heteroatoms. The molecule has 0 unspecified atom stereocenters. The minimum Gasteiger partial charge on any atom is -0.493 e. The van der Waals surface area contributed by atoms with Gasteiger partial charge < -0.3 is 19.8 Å². The second kappa shape index (κ2) is 9.32. The summed E-state index contributed by atoms with van der Waals surface area (Å²) in [6.07, 6.45) is 2.38. The maximum Gasteiger partial charge on any atom is 0.279 e. The van der Waals surface area contributed by atoms with Gasteiger partial charge >= 0.3 is 0 Å². The molecule has 1 amide bonds. The number of H-pyrrole nitrogens is 1. The first-order valence-corrected chi connectivity index (χ1v) is 10.8. The standard InChI is InChI=1S/C24H27N5O4/c1-5-14(2)21(23-26-16-8-6-7-9-17(16)27-23)28-19(30)13-29-24(31)20-15(12-25-29)10-11-18(32-3)22(20)33-4/h6-12,14,21H,5,13H2,1-4H3,(H,26,27)(H,28,30)/t14-,21+/m0/s1. The van der Waals surface area contributed by atoms with Crippen molar-refractivity contribution in [3.8, 4) is 11.5 Å². The summed E-state index contributed by atoms with van der Waals surface area (Å²) in [7, 11) is 2.97. The summed E-state index contributed by atoms with van der Waals surface area (Å²) in [4.78, 5) is 34.1. The van der Waals surface area contributed by atoms with Crippen molar-refractivity contribution in [1.29, 1.82) is 0 Å². The van der Waals surface area contributed by atoms with Gasteiger partial charge in [-0.25, -0.2) is 9.67 Å². The number of methoxy groups -OCH3 is 2. The van der Waals surface area contributed by atoms with Crippen molar-refractivity contribution in [2.45, 2.75) is 32.9 Å². The smallest absolute Gasteiger partial charge is 0.279 e. The van der Waals surface area contributed by atoms with E-state index in [1.807, 2.05) is 24.3 Å². The number of amides is 1. The van der Waals surface area contributed by atoms with Gasteiger partial charge in [0.2, 0.25) is 5.91 Å². The molecule has 0 saturated carbocycles. The van der Waals surface area contributed by atoms with Gasteiger partial charge in [-0.3, -0.25) is 9.59 Å². The first-order chi connectivity index (χ1) is 16.0. The molecule has 2 aromatic carbocycles. The van der Waals surface area contributed by atoms with Gasteiger partial charge in [-0.15, -0.1) is 0 Å². The fourth-order valence-electron chi connectivity index (χ4n) is 3.89. The Labute approximate surface area is 190 Å². The molecule has 4 rings (SSSR count). The Morgan fingerprint density at radius 2 is 1.97 bits per heavy atom. The fourth-order valence-corrected chi connectivity index (χ4v) is 3.89. The highest BCUT2D eigenvalue weighted by atomic mass is 16.5. The predicted molar refractivity (Wildman–Crippen MR) is 126 cm³/mol. The van der Waals surface area contributed by atoms with Gasteiger partial charge in [0.15, 0.2) is 11.5 Å². The van der Waals surface area contributed by atoms with Crippen LogP contribution in [-0.4, -0.2) is 39.9 Å². The van der Waals surface area contributed by atoms with Crippen molar-refractivity contribution in [2.75, 3.05) is 14.2 Å². The molecule has 0 fully saturated rings. The summed E-state index contributed by atoms with van der Waals surface area (Å²) in [6, 6.07) is 10.8. The Hall–Kier alpha value is -3.88. The fraction of sp³-hybridized carbons (Fsp3) is 0.333. The van der Waals surface area contributed by atoms with Crippen LogP contribution in [-0.2, 0) is 11.3 Å². The number of hydrogen-bond donors (Lipinski definition) is 2. The predicted octanol–water partition coefficient (Wildman–Crippen LogP) is 3.19. The maximum atomic E-state index is 13.1.